The van der Waals surface area contributed by atoms with E-state index in [9.17, 15) is 0 Å². The number of benzene rings is 1. The quantitative estimate of drug-likeness (QED) is 0.789. The Bertz CT molecular complexity index is 329. The van der Waals surface area contributed by atoms with Crippen molar-refractivity contribution in [3.8, 4) is 0 Å². The molecule has 0 heterocycles. The molecule has 16 heavy (non-hydrogen) atoms. The predicted octanol–water partition coefficient (Wildman–Crippen LogP) is 3.29. The third-order valence-corrected chi connectivity index (χ3v) is 3.60. The van der Waals surface area contributed by atoms with Gasteiger partial charge in [-0.15, -0.1) is 0 Å². The lowest BCUT2D eigenvalue weighted by atomic mass is 9.89. The van der Waals surface area contributed by atoms with Gasteiger partial charge in [-0.25, -0.2) is 0 Å². The van der Waals surface area contributed by atoms with E-state index in [2.05, 4.69) is 24.1 Å². The van der Waals surface area contributed by atoms with Gasteiger partial charge in [0.15, 0.2) is 0 Å². The maximum absolute atomic E-state index is 5.98. The van der Waals surface area contributed by atoms with Crippen molar-refractivity contribution < 1.29 is 0 Å². The van der Waals surface area contributed by atoms with E-state index in [1.54, 1.807) is 0 Å². The van der Waals surface area contributed by atoms with Crippen molar-refractivity contribution in [2.45, 2.75) is 32.1 Å². The van der Waals surface area contributed by atoms with Gasteiger partial charge in [0.1, 0.15) is 0 Å². The molecule has 0 aliphatic heterocycles. The molecule has 0 bridgehead atoms. The second-order valence-electron chi connectivity index (χ2n) is 4.94. The molecular formula is C14H22N2. The third kappa shape index (κ3) is 2.69. The average Bonchev–Trinajstić information content (AvgIpc) is 2.31. The normalized spacial score (nSPS) is 17.3. The highest BCUT2D eigenvalue weighted by Crippen LogP contribution is 2.27. The van der Waals surface area contributed by atoms with Crippen LogP contribution in [0.3, 0.4) is 0 Å². The minimum absolute atomic E-state index is 0.860. The summed E-state index contributed by atoms with van der Waals surface area (Å²) in [6.07, 6.45) is 7.01. The highest BCUT2D eigenvalue weighted by atomic mass is 15.1. The Morgan fingerprint density at radius 1 is 1.19 bits per heavy atom. The van der Waals surface area contributed by atoms with Crippen LogP contribution in [0.5, 0.6) is 0 Å². The summed E-state index contributed by atoms with van der Waals surface area (Å²) in [6, 6.07) is 8.14. The van der Waals surface area contributed by atoms with E-state index < -0.39 is 0 Å². The van der Waals surface area contributed by atoms with Crippen molar-refractivity contribution in [2.24, 2.45) is 5.92 Å². The van der Waals surface area contributed by atoms with Crippen molar-refractivity contribution in [3.05, 3.63) is 24.3 Å². The maximum atomic E-state index is 5.98. The van der Waals surface area contributed by atoms with E-state index in [1.807, 2.05) is 12.1 Å². The molecule has 2 N–H and O–H groups in total. The van der Waals surface area contributed by atoms with Gasteiger partial charge in [0, 0.05) is 13.6 Å². The van der Waals surface area contributed by atoms with Gasteiger partial charge >= 0.3 is 0 Å². The SMILES string of the molecule is CN(CC1CCCCC1)c1ccccc1N. The molecule has 1 aliphatic rings. The lowest BCUT2D eigenvalue weighted by Gasteiger charge is -2.29. The van der Waals surface area contributed by atoms with Crippen LogP contribution in [0.4, 0.5) is 11.4 Å². The fourth-order valence-corrected chi connectivity index (χ4v) is 2.69. The molecule has 2 heteroatoms. The number of nitrogens with zero attached hydrogens (tertiary/aromatic N) is 1. The molecule has 88 valence electrons. The molecule has 1 aromatic carbocycles. The smallest absolute Gasteiger partial charge is 0.0597 e. The Hall–Kier alpha value is -1.18. The van der Waals surface area contributed by atoms with Gasteiger partial charge in [-0.1, -0.05) is 31.4 Å². The van der Waals surface area contributed by atoms with Gasteiger partial charge < -0.3 is 10.6 Å². The minimum atomic E-state index is 0.860. The zero-order chi connectivity index (χ0) is 11.4. The summed E-state index contributed by atoms with van der Waals surface area (Å²) in [7, 11) is 2.15. The largest absolute Gasteiger partial charge is 0.397 e. The Kier molecular flexibility index (Phi) is 3.70. The minimum Gasteiger partial charge on any atom is -0.397 e. The number of para-hydroxylation sites is 2. The molecule has 0 atom stereocenters. The summed E-state index contributed by atoms with van der Waals surface area (Å²) >= 11 is 0. The third-order valence-electron chi connectivity index (χ3n) is 3.60. The maximum Gasteiger partial charge on any atom is 0.0597 e. The Balaban J connectivity index is 1.96. The summed E-state index contributed by atoms with van der Waals surface area (Å²) < 4.78 is 0. The summed E-state index contributed by atoms with van der Waals surface area (Å²) in [5.41, 5.74) is 8.05. The number of hydrogen-bond donors (Lipinski definition) is 1. The van der Waals surface area contributed by atoms with Crippen molar-refractivity contribution in [3.63, 3.8) is 0 Å². The summed E-state index contributed by atoms with van der Waals surface area (Å²) in [5.74, 6) is 0.860. The standard InChI is InChI=1S/C14H22N2/c1-16(11-12-7-3-2-4-8-12)14-10-6-5-9-13(14)15/h5-6,9-10,12H,2-4,7-8,11,15H2,1H3. The number of hydrogen-bond acceptors (Lipinski definition) is 2. The van der Waals surface area contributed by atoms with E-state index in [1.165, 1.54) is 37.8 Å². The van der Waals surface area contributed by atoms with Crippen molar-refractivity contribution >= 4 is 11.4 Å². The summed E-state index contributed by atoms with van der Waals surface area (Å²) in [5, 5.41) is 0. The van der Waals surface area contributed by atoms with Crippen LogP contribution in [0.2, 0.25) is 0 Å². The van der Waals surface area contributed by atoms with E-state index in [0.29, 0.717) is 0 Å². The van der Waals surface area contributed by atoms with E-state index >= 15 is 0 Å². The van der Waals surface area contributed by atoms with E-state index in [-0.39, 0.29) is 0 Å². The zero-order valence-electron chi connectivity index (χ0n) is 10.2. The molecule has 0 spiro atoms. The lowest BCUT2D eigenvalue weighted by Crippen LogP contribution is -2.27. The molecule has 0 radical (unpaired) electrons. The van der Waals surface area contributed by atoms with Gasteiger partial charge in [-0.2, -0.15) is 0 Å². The van der Waals surface area contributed by atoms with E-state index in [4.69, 9.17) is 5.73 Å². The van der Waals surface area contributed by atoms with Crippen LogP contribution in [-0.2, 0) is 0 Å². The first-order chi connectivity index (χ1) is 7.77. The van der Waals surface area contributed by atoms with Gasteiger partial charge in [0.25, 0.3) is 0 Å². The van der Waals surface area contributed by atoms with Crippen LogP contribution in [0.15, 0.2) is 24.3 Å². The fraction of sp³-hybridized carbons (Fsp3) is 0.571. The van der Waals surface area contributed by atoms with Gasteiger partial charge in [-0.05, 0) is 30.9 Å². The van der Waals surface area contributed by atoms with Crippen LogP contribution >= 0.6 is 0 Å². The van der Waals surface area contributed by atoms with Crippen molar-refractivity contribution in [1.29, 1.82) is 0 Å². The first kappa shape index (κ1) is 11.3. The molecule has 1 aliphatic carbocycles. The van der Waals surface area contributed by atoms with Crippen LogP contribution in [0.1, 0.15) is 32.1 Å². The first-order valence-electron chi connectivity index (χ1n) is 6.33. The Labute approximate surface area is 98.4 Å². The topological polar surface area (TPSA) is 29.3 Å². The first-order valence-corrected chi connectivity index (χ1v) is 6.33. The highest BCUT2D eigenvalue weighted by molar-refractivity contribution is 5.66. The second-order valence-corrected chi connectivity index (χ2v) is 4.94. The monoisotopic (exact) mass is 218 g/mol. The Morgan fingerprint density at radius 2 is 1.88 bits per heavy atom. The average molecular weight is 218 g/mol. The lowest BCUT2D eigenvalue weighted by molar-refractivity contribution is 0.362. The van der Waals surface area contributed by atoms with Crippen LogP contribution in [-0.4, -0.2) is 13.6 Å². The second kappa shape index (κ2) is 5.24. The van der Waals surface area contributed by atoms with Gasteiger partial charge in [0.05, 0.1) is 11.4 Å². The van der Waals surface area contributed by atoms with Crippen LogP contribution in [0, 0.1) is 5.92 Å². The molecule has 1 aromatic rings. The summed E-state index contributed by atoms with van der Waals surface area (Å²) in [4.78, 5) is 2.31. The molecule has 0 unspecified atom stereocenters. The number of rotatable bonds is 3. The summed E-state index contributed by atoms with van der Waals surface area (Å²) in [6.45, 7) is 1.15. The van der Waals surface area contributed by atoms with Crippen LogP contribution in [0.25, 0.3) is 0 Å². The number of anilines is 2. The molecule has 2 rings (SSSR count). The number of nitrogens with two attached hydrogens (primary N) is 1. The van der Waals surface area contributed by atoms with Crippen molar-refractivity contribution in [2.75, 3.05) is 24.2 Å². The molecule has 2 nitrogen and oxygen atoms in total. The molecule has 0 amide bonds. The molecule has 1 fully saturated rings. The zero-order valence-corrected chi connectivity index (χ0v) is 10.2. The molecule has 0 aromatic heterocycles. The van der Waals surface area contributed by atoms with Gasteiger partial charge in [-0.3, -0.25) is 0 Å². The fourth-order valence-electron chi connectivity index (χ4n) is 2.69. The van der Waals surface area contributed by atoms with Crippen LogP contribution < -0.4 is 10.6 Å². The number of nitrogen functional groups attached to an aromatic ring is 1. The predicted molar refractivity (Wildman–Crippen MR) is 70.7 cm³/mol. The Morgan fingerprint density at radius 3 is 2.56 bits per heavy atom. The molecule has 0 saturated heterocycles. The van der Waals surface area contributed by atoms with Crippen molar-refractivity contribution in [1.82, 2.24) is 0 Å². The molecule has 1 saturated carbocycles. The highest BCUT2D eigenvalue weighted by Gasteiger charge is 2.16. The van der Waals surface area contributed by atoms with Gasteiger partial charge in [0.2, 0.25) is 0 Å². The van der Waals surface area contributed by atoms with E-state index in [0.717, 1.165) is 18.2 Å². The molecular weight excluding hydrogens is 196 g/mol.